The number of ether oxygens (including phenoxy) is 2. The number of furan rings is 1. The third-order valence-corrected chi connectivity index (χ3v) is 5.34. The molecule has 2 aliphatic rings. The van der Waals surface area contributed by atoms with Crippen molar-refractivity contribution in [2.75, 3.05) is 13.1 Å². The number of nitrogens with zero attached hydrogens (tertiary/aromatic N) is 1. The predicted molar refractivity (Wildman–Crippen MR) is 99.6 cm³/mol. The lowest BCUT2D eigenvalue weighted by Gasteiger charge is -2.39. The van der Waals surface area contributed by atoms with Gasteiger partial charge in [-0.25, -0.2) is 9.59 Å². The minimum Gasteiger partial charge on any atom is -0.452 e. The van der Waals surface area contributed by atoms with Gasteiger partial charge in [0.15, 0.2) is 5.76 Å². The highest BCUT2D eigenvalue weighted by Crippen LogP contribution is 2.34. The average Bonchev–Trinajstić information content (AvgIpc) is 3.31. The number of hydrogen-bond acceptors (Lipinski definition) is 7. The Labute approximate surface area is 161 Å². The number of carbonyl (C=O) groups excluding carboxylic acids is 3. The Kier molecular flexibility index (Phi) is 4.55. The van der Waals surface area contributed by atoms with E-state index in [2.05, 4.69) is 0 Å². The van der Waals surface area contributed by atoms with Crippen molar-refractivity contribution < 1.29 is 28.3 Å². The van der Waals surface area contributed by atoms with E-state index in [0.717, 1.165) is 30.4 Å². The zero-order valence-corrected chi connectivity index (χ0v) is 15.8. The summed E-state index contributed by atoms with van der Waals surface area (Å²) >= 11 is 0. The van der Waals surface area contributed by atoms with Gasteiger partial charge in [0.2, 0.25) is 17.6 Å². The standard InChI is InChI=1S/C21H21NO6/c1-13-14-7-3-4-8-15(14)26-18(13)19(25)21(2)20(22-11-5-6-12-22)27-16(23)9-10-17(24)28-21/h3-4,7-10,20H,5-6,11-12H2,1-2H3/b10-9-. The highest BCUT2D eigenvalue weighted by atomic mass is 16.6. The molecule has 7 nitrogen and oxygen atoms in total. The maximum Gasteiger partial charge on any atom is 0.332 e. The average molecular weight is 383 g/mol. The number of hydrogen-bond donors (Lipinski definition) is 0. The van der Waals surface area contributed by atoms with Crippen LogP contribution in [-0.4, -0.2) is 47.5 Å². The fraction of sp³-hybridized carbons (Fsp3) is 0.381. The minimum absolute atomic E-state index is 0.0984. The quantitative estimate of drug-likeness (QED) is 0.595. The molecule has 1 aromatic carbocycles. The van der Waals surface area contributed by atoms with Crippen molar-refractivity contribution in [1.29, 1.82) is 0 Å². The summed E-state index contributed by atoms with van der Waals surface area (Å²) in [5.41, 5.74) is -0.513. The minimum atomic E-state index is -1.74. The fourth-order valence-electron chi connectivity index (χ4n) is 3.87. The maximum atomic E-state index is 13.6. The summed E-state index contributed by atoms with van der Waals surface area (Å²) in [6, 6.07) is 7.30. The van der Waals surface area contributed by atoms with Gasteiger partial charge in [0.25, 0.3) is 0 Å². The molecule has 4 rings (SSSR count). The Morgan fingerprint density at radius 1 is 1.11 bits per heavy atom. The molecule has 0 N–H and O–H groups in total. The summed E-state index contributed by atoms with van der Waals surface area (Å²) in [5.74, 6) is -1.89. The van der Waals surface area contributed by atoms with E-state index in [4.69, 9.17) is 13.9 Å². The number of esters is 2. The van der Waals surface area contributed by atoms with E-state index in [0.29, 0.717) is 24.2 Å². The van der Waals surface area contributed by atoms with E-state index in [1.54, 1.807) is 13.0 Å². The van der Waals surface area contributed by atoms with Crippen molar-refractivity contribution in [3.8, 4) is 0 Å². The van der Waals surface area contributed by atoms with E-state index >= 15 is 0 Å². The molecular formula is C21H21NO6. The van der Waals surface area contributed by atoms with Gasteiger partial charge in [0.1, 0.15) is 5.58 Å². The Balaban J connectivity index is 1.82. The van der Waals surface area contributed by atoms with Crippen molar-refractivity contribution >= 4 is 28.7 Å². The second-order valence-corrected chi connectivity index (χ2v) is 7.28. The number of carbonyl (C=O) groups is 3. The maximum absolute atomic E-state index is 13.6. The molecule has 3 heterocycles. The third kappa shape index (κ3) is 3.01. The predicted octanol–water partition coefficient (Wildman–Crippen LogP) is 2.76. The first-order chi connectivity index (χ1) is 13.4. The monoisotopic (exact) mass is 383 g/mol. The number of benzene rings is 1. The van der Waals surface area contributed by atoms with Crippen molar-refractivity contribution in [3.05, 3.63) is 47.7 Å². The van der Waals surface area contributed by atoms with Crippen LogP contribution in [0.1, 0.15) is 35.9 Å². The van der Waals surface area contributed by atoms with Gasteiger partial charge in [-0.05, 0) is 32.8 Å². The SMILES string of the molecule is Cc1c(C(=O)C2(C)OC(=O)/C=C\C(=O)OC2N2CCCC2)oc2ccccc12. The molecule has 0 amide bonds. The summed E-state index contributed by atoms with van der Waals surface area (Å²) in [6.07, 6.45) is 2.77. The van der Waals surface area contributed by atoms with Crippen LogP contribution in [0.25, 0.3) is 11.0 Å². The van der Waals surface area contributed by atoms with Crippen LogP contribution in [-0.2, 0) is 19.1 Å². The first kappa shape index (κ1) is 18.4. The lowest BCUT2D eigenvalue weighted by molar-refractivity contribution is -0.190. The summed E-state index contributed by atoms with van der Waals surface area (Å²) in [7, 11) is 0. The van der Waals surface area contributed by atoms with Gasteiger partial charge in [0.05, 0.1) is 0 Å². The van der Waals surface area contributed by atoms with Crippen molar-refractivity contribution in [2.24, 2.45) is 0 Å². The molecular weight excluding hydrogens is 362 g/mol. The van der Waals surface area contributed by atoms with Crippen molar-refractivity contribution in [1.82, 2.24) is 4.90 Å². The topological polar surface area (TPSA) is 86.0 Å². The number of fused-ring (bicyclic) bond motifs is 1. The fourth-order valence-corrected chi connectivity index (χ4v) is 3.87. The van der Waals surface area contributed by atoms with E-state index < -0.39 is 29.6 Å². The molecule has 1 saturated heterocycles. The van der Waals surface area contributed by atoms with E-state index in [1.807, 2.05) is 23.1 Å². The van der Waals surface area contributed by atoms with Crippen LogP contribution in [0.15, 0.2) is 40.8 Å². The highest BCUT2D eigenvalue weighted by Gasteiger charge is 2.53. The molecule has 7 heteroatoms. The van der Waals surface area contributed by atoms with Gasteiger partial charge in [-0.3, -0.25) is 9.69 Å². The summed E-state index contributed by atoms with van der Waals surface area (Å²) < 4.78 is 16.9. The zero-order chi connectivity index (χ0) is 19.9. The van der Waals surface area contributed by atoms with Gasteiger partial charge in [-0.2, -0.15) is 0 Å². The Bertz CT molecular complexity index is 984. The van der Waals surface area contributed by atoms with Crippen LogP contribution in [0.5, 0.6) is 0 Å². The van der Waals surface area contributed by atoms with Crippen LogP contribution in [0.4, 0.5) is 0 Å². The van der Waals surface area contributed by atoms with Crippen molar-refractivity contribution in [3.63, 3.8) is 0 Å². The number of para-hydroxylation sites is 1. The molecule has 2 atom stereocenters. The molecule has 146 valence electrons. The number of rotatable bonds is 3. The largest absolute Gasteiger partial charge is 0.452 e. The number of aryl methyl sites for hydroxylation is 1. The lowest BCUT2D eigenvalue weighted by atomic mass is 9.93. The molecule has 0 bridgehead atoms. The van der Waals surface area contributed by atoms with Crippen LogP contribution in [0.3, 0.4) is 0 Å². The molecule has 0 spiro atoms. The van der Waals surface area contributed by atoms with Crippen LogP contribution in [0.2, 0.25) is 0 Å². The molecule has 28 heavy (non-hydrogen) atoms. The van der Waals surface area contributed by atoms with E-state index in [9.17, 15) is 14.4 Å². The Hall–Kier alpha value is -2.93. The summed E-state index contributed by atoms with van der Waals surface area (Å²) in [5, 5.41) is 0.807. The van der Waals surface area contributed by atoms with Crippen LogP contribution < -0.4 is 0 Å². The molecule has 0 saturated carbocycles. The number of likely N-dealkylation sites (tertiary alicyclic amines) is 1. The molecule has 2 aromatic rings. The van der Waals surface area contributed by atoms with Crippen molar-refractivity contribution in [2.45, 2.75) is 38.5 Å². The zero-order valence-electron chi connectivity index (χ0n) is 15.8. The molecule has 0 aliphatic carbocycles. The van der Waals surface area contributed by atoms with Crippen LogP contribution >= 0.6 is 0 Å². The number of cyclic esters (lactones) is 2. The first-order valence-electron chi connectivity index (χ1n) is 9.29. The first-order valence-corrected chi connectivity index (χ1v) is 9.29. The second-order valence-electron chi connectivity index (χ2n) is 7.28. The highest BCUT2D eigenvalue weighted by molar-refractivity contribution is 6.07. The Morgan fingerprint density at radius 3 is 2.50 bits per heavy atom. The third-order valence-electron chi connectivity index (χ3n) is 5.34. The molecule has 1 aromatic heterocycles. The smallest absolute Gasteiger partial charge is 0.332 e. The van der Waals surface area contributed by atoms with Crippen LogP contribution in [0, 0.1) is 6.92 Å². The van der Waals surface area contributed by atoms with Gasteiger partial charge in [-0.1, -0.05) is 18.2 Å². The Morgan fingerprint density at radius 2 is 1.79 bits per heavy atom. The van der Waals surface area contributed by atoms with E-state index in [1.165, 1.54) is 6.92 Å². The van der Waals surface area contributed by atoms with Gasteiger partial charge >= 0.3 is 11.9 Å². The van der Waals surface area contributed by atoms with E-state index in [-0.39, 0.29) is 5.76 Å². The molecule has 2 aliphatic heterocycles. The number of Topliss-reactive ketones (excluding diaryl/α,β-unsaturated/α-hetero) is 1. The second kappa shape index (κ2) is 6.91. The van der Waals surface area contributed by atoms with Gasteiger partial charge in [-0.15, -0.1) is 0 Å². The lowest BCUT2D eigenvalue weighted by Crippen LogP contribution is -2.59. The molecule has 1 fully saturated rings. The van der Waals surface area contributed by atoms with Gasteiger partial charge < -0.3 is 13.9 Å². The number of ketones is 1. The summed E-state index contributed by atoms with van der Waals surface area (Å²) in [4.78, 5) is 39.8. The normalized spacial score (nSPS) is 27.1. The van der Waals surface area contributed by atoms with Gasteiger partial charge in [0, 0.05) is 36.2 Å². The molecule has 2 unspecified atom stereocenters. The molecule has 0 radical (unpaired) electrons. The summed E-state index contributed by atoms with van der Waals surface area (Å²) in [6.45, 7) is 4.54.